The number of piperidine rings is 1. The van der Waals surface area contributed by atoms with Crippen molar-refractivity contribution in [1.82, 2.24) is 10.2 Å². The van der Waals surface area contributed by atoms with E-state index in [1.807, 2.05) is 11.0 Å². The molecule has 1 atom stereocenters. The Balaban J connectivity index is 1.25. The highest BCUT2D eigenvalue weighted by Gasteiger charge is 2.53. The summed E-state index contributed by atoms with van der Waals surface area (Å²) in [5, 5.41) is 7.16. The lowest BCUT2D eigenvalue weighted by Crippen LogP contribution is -2.59. The van der Waals surface area contributed by atoms with Crippen LogP contribution in [0.25, 0.3) is 0 Å². The molecule has 4 aliphatic rings. The summed E-state index contributed by atoms with van der Waals surface area (Å²) in [6, 6.07) is 5.34. The van der Waals surface area contributed by atoms with Crippen molar-refractivity contribution in [2.75, 3.05) is 25.0 Å². The average molecular weight is 418 g/mol. The topological polar surface area (TPSA) is 70.7 Å². The van der Waals surface area contributed by atoms with E-state index < -0.39 is 5.66 Å². The van der Waals surface area contributed by atoms with Crippen molar-refractivity contribution < 1.29 is 14.3 Å². The van der Waals surface area contributed by atoms with E-state index in [9.17, 15) is 9.59 Å². The molecule has 0 radical (unpaired) electrons. The zero-order valence-electron chi connectivity index (χ0n) is 16.6. The van der Waals surface area contributed by atoms with E-state index in [2.05, 4.69) is 10.6 Å². The first-order valence-corrected chi connectivity index (χ1v) is 11.2. The monoisotopic (exact) mass is 417 g/mol. The minimum atomic E-state index is -0.590. The average Bonchev–Trinajstić information content (AvgIpc) is 3.06. The van der Waals surface area contributed by atoms with Crippen LogP contribution >= 0.6 is 11.6 Å². The fourth-order valence-electron chi connectivity index (χ4n) is 5.54. The van der Waals surface area contributed by atoms with Gasteiger partial charge in [0.15, 0.2) is 0 Å². The fourth-order valence-corrected chi connectivity index (χ4v) is 5.71. The van der Waals surface area contributed by atoms with Crippen molar-refractivity contribution in [1.29, 1.82) is 0 Å². The number of fused-ring (bicyclic) bond motifs is 1. The summed E-state index contributed by atoms with van der Waals surface area (Å²) in [6.45, 7) is 1.91. The van der Waals surface area contributed by atoms with Crippen LogP contribution in [0.15, 0.2) is 18.2 Å². The second kappa shape index (κ2) is 7.17. The van der Waals surface area contributed by atoms with E-state index in [0.717, 1.165) is 44.5 Å². The number of likely N-dealkylation sites (tertiary alicyclic amines) is 1. The Kier molecular flexibility index (Phi) is 4.74. The van der Waals surface area contributed by atoms with E-state index in [1.165, 1.54) is 19.3 Å². The van der Waals surface area contributed by atoms with Crippen molar-refractivity contribution >= 4 is 29.1 Å². The number of carbonyl (C=O) groups excluding carboxylic acids is 2. The highest BCUT2D eigenvalue weighted by Crippen LogP contribution is 2.43. The Morgan fingerprint density at radius 3 is 2.66 bits per heavy atom. The van der Waals surface area contributed by atoms with Crippen LogP contribution in [0.4, 0.5) is 5.69 Å². The van der Waals surface area contributed by atoms with Crippen LogP contribution in [-0.2, 0) is 9.53 Å². The quantitative estimate of drug-likeness (QED) is 0.733. The highest BCUT2D eigenvalue weighted by molar-refractivity contribution is 6.31. The SMILES string of the molecule is O=C1NC2(COC3(CCN(C(=O)C4CCCCC4)CC3)C2)Nc2ccc(Cl)cc21. The molecular formula is C22H28ClN3O3. The van der Waals surface area contributed by atoms with Crippen LogP contribution in [0.5, 0.6) is 0 Å². The minimum Gasteiger partial charge on any atom is -0.370 e. The fraction of sp³-hybridized carbons (Fsp3) is 0.636. The van der Waals surface area contributed by atoms with Crippen LogP contribution in [-0.4, -0.2) is 47.7 Å². The number of benzene rings is 1. The first-order valence-electron chi connectivity index (χ1n) is 10.8. The first kappa shape index (κ1) is 19.2. The van der Waals surface area contributed by atoms with Gasteiger partial charge in [0, 0.05) is 36.1 Å². The van der Waals surface area contributed by atoms with Crippen LogP contribution in [0.1, 0.15) is 61.7 Å². The number of hydrogen-bond acceptors (Lipinski definition) is 4. The molecular weight excluding hydrogens is 390 g/mol. The maximum atomic E-state index is 12.9. The van der Waals surface area contributed by atoms with E-state index in [4.69, 9.17) is 16.3 Å². The van der Waals surface area contributed by atoms with Crippen molar-refractivity contribution in [3.8, 4) is 0 Å². The molecule has 6 nitrogen and oxygen atoms in total. The number of nitrogens with one attached hydrogen (secondary N) is 2. The molecule has 2 spiro atoms. The van der Waals surface area contributed by atoms with E-state index in [1.54, 1.807) is 12.1 Å². The number of carbonyl (C=O) groups is 2. The zero-order valence-corrected chi connectivity index (χ0v) is 17.4. The number of halogens is 1. The molecule has 3 heterocycles. The van der Waals surface area contributed by atoms with Gasteiger partial charge in [-0.1, -0.05) is 30.9 Å². The predicted molar refractivity (Wildman–Crippen MR) is 111 cm³/mol. The predicted octanol–water partition coefficient (Wildman–Crippen LogP) is 3.55. The molecule has 1 aromatic carbocycles. The molecule has 2 N–H and O–H groups in total. The Morgan fingerprint density at radius 1 is 1.14 bits per heavy atom. The summed E-state index contributed by atoms with van der Waals surface area (Å²) < 4.78 is 6.29. The van der Waals surface area contributed by atoms with Gasteiger partial charge in [-0.05, 0) is 43.9 Å². The second-order valence-corrected chi connectivity index (χ2v) is 9.60. The zero-order chi connectivity index (χ0) is 20.1. The lowest BCUT2D eigenvalue weighted by molar-refractivity contribution is -0.141. The molecule has 29 heavy (non-hydrogen) atoms. The van der Waals surface area contributed by atoms with Gasteiger partial charge in [-0.15, -0.1) is 0 Å². The molecule has 3 aliphatic heterocycles. The van der Waals surface area contributed by atoms with Gasteiger partial charge in [0.1, 0.15) is 5.66 Å². The molecule has 1 saturated carbocycles. The smallest absolute Gasteiger partial charge is 0.255 e. The third-order valence-corrected chi connectivity index (χ3v) is 7.38. The Morgan fingerprint density at radius 2 is 1.90 bits per heavy atom. The third-order valence-electron chi connectivity index (χ3n) is 7.14. The van der Waals surface area contributed by atoms with Gasteiger partial charge in [-0.25, -0.2) is 0 Å². The second-order valence-electron chi connectivity index (χ2n) is 9.16. The molecule has 1 aromatic rings. The van der Waals surface area contributed by atoms with Crippen LogP contribution in [0, 0.1) is 5.92 Å². The lowest BCUT2D eigenvalue weighted by atomic mass is 9.83. The Labute approximate surface area is 176 Å². The molecule has 2 amide bonds. The first-order chi connectivity index (χ1) is 14.0. The minimum absolute atomic E-state index is 0.119. The maximum Gasteiger partial charge on any atom is 0.255 e. The van der Waals surface area contributed by atoms with Gasteiger partial charge in [0.2, 0.25) is 5.91 Å². The maximum absolute atomic E-state index is 12.9. The van der Waals surface area contributed by atoms with Gasteiger partial charge < -0.3 is 20.3 Å². The molecule has 0 bridgehead atoms. The highest BCUT2D eigenvalue weighted by atomic mass is 35.5. The van der Waals surface area contributed by atoms with Gasteiger partial charge in [0.25, 0.3) is 5.91 Å². The van der Waals surface area contributed by atoms with Gasteiger partial charge in [-0.2, -0.15) is 0 Å². The number of hydrogen-bond donors (Lipinski definition) is 2. The summed E-state index contributed by atoms with van der Waals surface area (Å²) in [7, 11) is 0. The number of anilines is 1. The number of nitrogens with zero attached hydrogens (tertiary/aromatic N) is 1. The summed E-state index contributed by atoms with van der Waals surface area (Å²) >= 11 is 6.04. The van der Waals surface area contributed by atoms with Crippen molar-refractivity contribution in [2.24, 2.45) is 5.92 Å². The Bertz CT molecular complexity index is 831. The molecule has 156 valence electrons. The largest absolute Gasteiger partial charge is 0.370 e. The summed E-state index contributed by atoms with van der Waals surface area (Å²) in [5.41, 5.74) is 0.488. The summed E-state index contributed by atoms with van der Waals surface area (Å²) in [5.74, 6) is 0.435. The number of amides is 2. The van der Waals surface area contributed by atoms with Crippen LogP contribution in [0.3, 0.4) is 0 Å². The summed E-state index contributed by atoms with van der Waals surface area (Å²) in [4.78, 5) is 27.6. The molecule has 3 fully saturated rings. The van der Waals surface area contributed by atoms with Gasteiger partial charge in [0.05, 0.1) is 17.8 Å². The van der Waals surface area contributed by atoms with Crippen molar-refractivity contribution in [2.45, 2.75) is 62.6 Å². The van der Waals surface area contributed by atoms with Crippen LogP contribution < -0.4 is 10.6 Å². The molecule has 7 heteroatoms. The molecule has 2 saturated heterocycles. The standard InChI is InChI=1S/C22H28ClN3O3/c23-16-6-7-18-17(12-16)19(27)25-22(24-18)13-21(29-14-22)8-10-26(11-9-21)20(28)15-4-2-1-3-5-15/h6-7,12,15,24H,1-5,8-11,13-14H2,(H,25,27). The normalized spacial score (nSPS) is 28.9. The van der Waals surface area contributed by atoms with Gasteiger partial charge >= 0.3 is 0 Å². The number of rotatable bonds is 1. The lowest BCUT2D eigenvalue weighted by Gasteiger charge is -2.42. The van der Waals surface area contributed by atoms with Gasteiger partial charge in [-0.3, -0.25) is 9.59 Å². The number of ether oxygens (including phenoxy) is 1. The molecule has 1 unspecified atom stereocenters. The third kappa shape index (κ3) is 3.50. The molecule has 1 aliphatic carbocycles. The molecule has 0 aromatic heterocycles. The van der Waals surface area contributed by atoms with Crippen molar-refractivity contribution in [3.05, 3.63) is 28.8 Å². The Hall–Kier alpha value is -1.79. The van der Waals surface area contributed by atoms with E-state index >= 15 is 0 Å². The summed E-state index contributed by atoms with van der Waals surface area (Å²) in [6.07, 6.45) is 8.04. The van der Waals surface area contributed by atoms with Crippen molar-refractivity contribution in [3.63, 3.8) is 0 Å². The van der Waals surface area contributed by atoms with E-state index in [-0.39, 0.29) is 17.4 Å². The van der Waals surface area contributed by atoms with E-state index in [0.29, 0.717) is 29.5 Å². The molecule has 5 rings (SSSR count). The van der Waals surface area contributed by atoms with Crippen LogP contribution in [0.2, 0.25) is 5.02 Å².